The molecule has 2 aromatic rings. The van der Waals surface area contributed by atoms with Crippen LogP contribution in [0.2, 0.25) is 0 Å². The van der Waals surface area contributed by atoms with Gasteiger partial charge in [-0.05, 0) is 57.9 Å². The van der Waals surface area contributed by atoms with Gasteiger partial charge in [-0.3, -0.25) is 0 Å². The summed E-state index contributed by atoms with van der Waals surface area (Å²) in [5, 5.41) is 4.56. The van der Waals surface area contributed by atoms with Crippen molar-refractivity contribution in [3.8, 4) is 5.75 Å². The second-order valence-electron chi connectivity index (χ2n) is 6.82. The van der Waals surface area contributed by atoms with Gasteiger partial charge in [0, 0.05) is 49.8 Å². The molecule has 140 valence electrons. The molecule has 1 N–H and O–H groups in total. The summed E-state index contributed by atoms with van der Waals surface area (Å²) in [7, 11) is 8.00. The van der Waals surface area contributed by atoms with E-state index in [1.807, 2.05) is 7.05 Å². The van der Waals surface area contributed by atoms with Gasteiger partial charge in [-0.15, -0.1) is 0 Å². The number of aromatic nitrogens is 1. The van der Waals surface area contributed by atoms with E-state index in [2.05, 4.69) is 65.1 Å². The van der Waals surface area contributed by atoms with Crippen molar-refractivity contribution in [3.05, 3.63) is 30.0 Å². The van der Waals surface area contributed by atoms with E-state index in [-0.39, 0.29) is 0 Å². The first-order chi connectivity index (χ1) is 12.1. The second kappa shape index (κ2) is 9.80. The van der Waals surface area contributed by atoms with Crippen molar-refractivity contribution in [3.63, 3.8) is 0 Å². The number of hydrogen-bond acceptors (Lipinski definition) is 4. The van der Waals surface area contributed by atoms with Gasteiger partial charge in [-0.2, -0.15) is 0 Å². The van der Waals surface area contributed by atoms with E-state index in [1.165, 1.54) is 16.5 Å². The zero-order chi connectivity index (χ0) is 18.2. The largest absolute Gasteiger partial charge is 0.497 e. The molecule has 1 aromatic heterocycles. The topological polar surface area (TPSA) is 32.7 Å². The Labute approximate surface area is 152 Å². The van der Waals surface area contributed by atoms with E-state index in [0.717, 1.165) is 51.4 Å². The normalized spacial score (nSPS) is 11.8. The van der Waals surface area contributed by atoms with E-state index < -0.39 is 0 Å². The summed E-state index contributed by atoms with van der Waals surface area (Å²) in [6, 6.07) is 6.43. The average molecular weight is 347 g/mol. The van der Waals surface area contributed by atoms with Gasteiger partial charge >= 0.3 is 0 Å². The van der Waals surface area contributed by atoms with E-state index in [4.69, 9.17) is 4.74 Å². The third kappa shape index (κ3) is 5.46. The first-order valence-electron chi connectivity index (χ1n) is 9.26. The number of fused-ring (bicyclic) bond motifs is 1. The van der Waals surface area contributed by atoms with Crippen molar-refractivity contribution in [1.82, 2.24) is 19.7 Å². The Morgan fingerprint density at radius 3 is 2.60 bits per heavy atom. The van der Waals surface area contributed by atoms with Crippen molar-refractivity contribution in [2.24, 2.45) is 0 Å². The number of rotatable bonds is 11. The van der Waals surface area contributed by atoms with Crippen LogP contribution in [0.1, 0.15) is 12.5 Å². The molecule has 5 nitrogen and oxygen atoms in total. The second-order valence-corrected chi connectivity index (χ2v) is 6.82. The number of benzene rings is 1. The van der Waals surface area contributed by atoms with Crippen LogP contribution in [-0.2, 0) is 13.0 Å². The number of nitrogens with one attached hydrogen (secondary N) is 1. The molecule has 0 amide bonds. The van der Waals surface area contributed by atoms with Crippen LogP contribution in [-0.4, -0.2) is 75.3 Å². The summed E-state index contributed by atoms with van der Waals surface area (Å²) in [5.74, 6) is 0.931. The standard InChI is InChI=1S/C20H34N4O/c1-6-23(12-10-21-2)13-14-24-16-17(9-11-22(3)4)19-15-18(25-5)7-8-20(19)24/h7-8,15-16,21H,6,9-14H2,1-5H3. The van der Waals surface area contributed by atoms with Crippen LogP contribution in [0.15, 0.2) is 24.4 Å². The van der Waals surface area contributed by atoms with E-state index in [0.29, 0.717) is 0 Å². The minimum absolute atomic E-state index is 0.931. The SMILES string of the molecule is CCN(CCNC)CCn1cc(CCN(C)C)c2cc(OC)ccc21. The van der Waals surface area contributed by atoms with Crippen molar-refractivity contribution in [1.29, 1.82) is 0 Å². The average Bonchev–Trinajstić information content (AvgIpc) is 2.97. The van der Waals surface area contributed by atoms with Crippen LogP contribution >= 0.6 is 0 Å². The van der Waals surface area contributed by atoms with Crippen molar-refractivity contribution in [2.45, 2.75) is 19.9 Å². The van der Waals surface area contributed by atoms with E-state index >= 15 is 0 Å². The van der Waals surface area contributed by atoms with Gasteiger partial charge in [0.25, 0.3) is 0 Å². The highest BCUT2D eigenvalue weighted by Gasteiger charge is 2.11. The highest BCUT2D eigenvalue weighted by atomic mass is 16.5. The molecule has 0 fully saturated rings. The molecule has 0 aliphatic heterocycles. The fourth-order valence-corrected chi connectivity index (χ4v) is 3.15. The van der Waals surface area contributed by atoms with Crippen LogP contribution in [0.25, 0.3) is 10.9 Å². The Hall–Kier alpha value is -1.56. The molecular weight excluding hydrogens is 312 g/mol. The summed E-state index contributed by atoms with van der Waals surface area (Å²) in [5.41, 5.74) is 2.71. The van der Waals surface area contributed by atoms with Crippen LogP contribution in [0.4, 0.5) is 0 Å². The lowest BCUT2D eigenvalue weighted by Gasteiger charge is -2.20. The molecular formula is C20H34N4O. The molecule has 25 heavy (non-hydrogen) atoms. The van der Waals surface area contributed by atoms with Crippen LogP contribution < -0.4 is 10.1 Å². The van der Waals surface area contributed by atoms with Gasteiger partial charge in [0.05, 0.1) is 7.11 Å². The van der Waals surface area contributed by atoms with Crippen LogP contribution in [0.3, 0.4) is 0 Å². The molecule has 5 heteroatoms. The Morgan fingerprint density at radius 1 is 1.16 bits per heavy atom. The third-order valence-corrected chi connectivity index (χ3v) is 4.78. The van der Waals surface area contributed by atoms with Crippen molar-refractivity contribution in [2.75, 3.05) is 61.0 Å². The highest BCUT2D eigenvalue weighted by molar-refractivity contribution is 5.85. The first-order valence-corrected chi connectivity index (χ1v) is 9.26. The maximum absolute atomic E-state index is 5.44. The number of nitrogens with zero attached hydrogens (tertiary/aromatic N) is 3. The third-order valence-electron chi connectivity index (χ3n) is 4.78. The lowest BCUT2D eigenvalue weighted by molar-refractivity contribution is 0.279. The summed E-state index contributed by atoms with van der Waals surface area (Å²) in [4.78, 5) is 4.73. The molecule has 0 spiro atoms. The summed E-state index contributed by atoms with van der Waals surface area (Å²) in [6.07, 6.45) is 3.39. The quantitative estimate of drug-likeness (QED) is 0.677. The number of methoxy groups -OCH3 is 1. The van der Waals surface area contributed by atoms with Crippen LogP contribution in [0, 0.1) is 0 Å². The maximum Gasteiger partial charge on any atom is 0.119 e. The van der Waals surface area contributed by atoms with E-state index in [9.17, 15) is 0 Å². The van der Waals surface area contributed by atoms with Crippen molar-refractivity contribution >= 4 is 10.9 Å². The zero-order valence-corrected chi connectivity index (χ0v) is 16.5. The molecule has 0 saturated heterocycles. The lowest BCUT2D eigenvalue weighted by atomic mass is 10.1. The summed E-state index contributed by atoms with van der Waals surface area (Å²) < 4.78 is 7.84. The fraction of sp³-hybridized carbons (Fsp3) is 0.600. The molecule has 0 unspecified atom stereocenters. The van der Waals surface area contributed by atoms with Gasteiger partial charge in [0.1, 0.15) is 5.75 Å². The molecule has 0 aliphatic carbocycles. The fourth-order valence-electron chi connectivity index (χ4n) is 3.15. The van der Waals surface area contributed by atoms with Gasteiger partial charge in [-0.25, -0.2) is 0 Å². The number of hydrogen-bond donors (Lipinski definition) is 1. The number of ether oxygens (including phenoxy) is 1. The Morgan fingerprint density at radius 2 is 1.96 bits per heavy atom. The van der Waals surface area contributed by atoms with Crippen LogP contribution in [0.5, 0.6) is 5.75 Å². The van der Waals surface area contributed by atoms with Gasteiger partial charge in [0.2, 0.25) is 0 Å². The predicted molar refractivity (Wildman–Crippen MR) is 107 cm³/mol. The minimum Gasteiger partial charge on any atom is -0.497 e. The lowest BCUT2D eigenvalue weighted by Crippen LogP contribution is -2.33. The molecule has 0 saturated carbocycles. The molecule has 2 rings (SSSR count). The minimum atomic E-state index is 0.931. The van der Waals surface area contributed by atoms with Gasteiger partial charge in [0.15, 0.2) is 0 Å². The molecule has 0 bridgehead atoms. The highest BCUT2D eigenvalue weighted by Crippen LogP contribution is 2.26. The molecule has 0 radical (unpaired) electrons. The molecule has 0 aliphatic rings. The van der Waals surface area contributed by atoms with Gasteiger partial charge < -0.3 is 24.4 Å². The van der Waals surface area contributed by atoms with Crippen molar-refractivity contribution < 1.29 is 4.74 Å². The molecule has 0 atom stereocenters. The molecule has 1 heterocycles. The predicted octanol–water partition coefficient (Wildman–Crippen LogP) is 2.30. The summed E-state index contributed by atoms with van der Waals surface area (Å²) in [6.45, 7) is 8.58. The van der Waals surface area contributed by atoms with Gasteiger partial charge in [-0.1, -0.05) is 6.92 Å². The Kier molecular flexibility index (Phi) is 7.75. The first kappa shape index (κ1) is 19.8. The Balaban J connectivity index is 2.20. The Bertz CT molecular complexity index is 650. The number of likely N-dealkylation sites (N-methyl/N-ethyl adjacent to an activating group) is 3. The molecule has 1 aromatic carbocycles. The smallest absolute Gasteiger partial charge is 0.119 e. The summed E-state index contributed by atoms with van der Waals surface area (Å²) >= 11 is 0. The monoisotopic (exact) mass is 346 g/mol. The zero-order valence-electron chi connectivity index (χ0n) is 16.5. The van der Waals surface area contributed by atoms with E-state index in [1.54, 1.807) is 7.11 Å². The maximum atomic E-state index is 5.44.